The van der Waals surface area contributed by atoms with Crippen molar-refractivity contribution in [1.29, 1.82) is 0 Å². The Bertz CT molecular complexity index is 255. The molecule has 0 saturated heterocycles. The van der Waals surface area contributed by atoms with Gasteiger partial charge in [0.05, 0.1) is 0 Å². The van der Waals surface area contributed by atoms with Crippen molar-refractivity contribution in [3.05, 3.63) is 0 Å². The first-order chi connectivity index (χ1) is 8.49. The number of nitrogens with two attached hydrogens (primary N) is 1. The average Bonchev–Trinajstić information content (AvgIpc) is 2.33. The van der Waals surface area contributed by atoms with Crippen LogP contribution in [-0.4, -0.2) is 56.0 Å². The minimum atomic E-state index is 0.274. The predicted octanol–water partition coefficient (Wildman–Crippen LogP) is 1.30. The van der Waals surface area contributed by atoms with E-state index in [0.717, 1.165) is 32.4 Å². The molecule has 1 saturated carbocycles. The molecule has 1 aliphatic carbocycles. The minimum Gasteiger partial charge on any atom is -0.344 e. The van der Waals surface area contributed by atoms with E-state index >= 15 is 0 Å². The number of likely N-dealkylation sites (N-methyl/N-ethyl adjacent to an activating group) is 2. The maximum atomic E-state index is 12.0. The van der Waals surface area contributed by atoms with Crippen molar-refractivity contribution in [2.75, 3.05) is 34.2 Å². The molecule has 1 rings (SSSR count). The van der Waals surface area contributed by atoms with Crippen LogP contribution in [0.1, 0.15) is 38.5 Å². The second-order valence-corrected chi connectivity index (χ2v) is 5.95. The van der Waals surface area contributed by atoms with Crippen LogP contribution < -0.4 is 5.73 Å². The molecule has 0 radical (unpaired) electrons. The van der Waals surface area contributed by atoms with E-state index in [1.54, 1.807) is 0 Å². The van der Waals surface area contributed by atoms with E-state index in [1.165, 1.54) is 12.8 Å². The van der Waals surface area contributed by atoms with Gasteiger partial charge in [0.25, 0.3) is 0 Å². The molecule has 106 valence electrons. The standard InChI is InChI=1S/C14H29N3O/c1-16(2)9-10-17(3)14(18)8-7-12-5-4-6-13(15)11-12/h12-13H,4-11,15H2,1-3H3. The summed E-state index contributed by atoms with van der Waals surface area (Å²) in [5.41, 5.74) is 5.97. The maximum absolute atomic E-state index is 12.0. The molecule has 2 unspecified atom stereocenters. The third-order valence-corrected chi connectivity index (χ3v) is 3.90. The zero-order valence-corrected chi connectivity index (χ0v) is 12.2. The molecule has 0 aromatic carbocycles. The van der Waals surface area contributed by atoms with Crippen LogP contribution >= 0.6 is 0 Å². The Morgan fingerprint density at radius 1 is 1.22 bits per heavy atom. The number of hydrogen-bond acceptors (Lipinski definition) is 3. The molecule has 1 amide bonds. The highest BCUT2D eigenvalue weighted by Gasteiger charge is 2.20. The van der Waals surface area contributed by atoms with Crippen LogP contribution in [0.2, 0.25) is 0 Å². The minimum absolute atomic E-state index is 0.274. The maximum Gasteiger partial charge on any atom is 0.222 e. The Kier molecular flexibility index (Phi) is 6.65. The lowest BCUT2D eigenvalue weighted by molar-refractivity contribution is -0.130. The lowest BCUT2D eigenvalue weighted by Gasteiger charge is -2.27. The average molecular weight is 255 g/mol. The summed E-state index contributed by atoms with van der Waals surface area (Å²) in [6.07, 6.45) is 6.45. The number of amides is 1. The monoisotopic (exact) mass is 255 g/mol. The van der Waals surface area contributed by atoms with Gasteiger partial charge in [0.2, 0.25) is 5.91 Å². The molecule has 0 heterocycles. The zero-order chi connectivity index (χ0) is 13.5. The van der Waals surface area contributed by atoms with Crippen molar-refractivity contribution in [3.63, 3.8) is 0 Å². The summed E-state index contributed by atoms with van der Waals surface area (Å²) in [6.45, 7) is 1.74. The van der Waals surface area contributed by atoms with Gasteiger partial charge in [-0.05, 0) is 39.3 Å². The fourth-order valence-corrected chi connectivity index (χ4v) is 2.59. The first-order valence-corrected chi connectivity index (χ1v) is 7.13. The molecule has 0 aromatic rings. The van der Waals surface area contributed by atoms with Gasteiger partial charge in [-0.15, -0.1) is 0 Å². The molecular formula is C14H29N3O. The smallest absolute Gasteiger partial charge is 0.222 e. The van der Waals surface area contributed by atoms with Crippen LogP contribution in [0.3, 0.4) is 0 Å². The summed E-state index contributed by atoms with van der Waals surface area (Å²) in [4.78, 5) is 15.9. The summed E-state index contributed by atoms with van der Waals surface area (Å²) in [5.74, 6) is 0.941. The predicted molar refractivity (Wildman–Crippen MR) is 75.4 cm³/mol. The van der Waals surface area contributed by atoms with E-state index < -0.39 is 0 Å². The normalized spacial score (nSPS) is 24.3. The van der Waals surface area contributed by atoms with Gasteiger partial charge < -0.3 is 15.5 Å². The Hall–Kier alpha value is -0.610. The molecular weight excluding hydrogens is 226 g/mol. The Labute approximate surface area is 111 Å². The van der Waals surface area contributed by atoms with E-state index in [2.05, 4.69) is 4.90 Å². The van der Waals surface area contributed by atoms with Gasteiger partial charge in [0.1, 0.15) is 0 Å². The van der Waals surface area contributed by atoms with Crippen molar-refractivity contribution in [3.8, 4) is 0 Å². The summed E-state index contributed by atoms with van der Waals surface area (Å²) < 4.78 is 0. The second-order valence-electron chi connectivity index (χ2n) is 5.95. The molecule has 2 N–H and O–H groups in total. The fraction of sp³-hybridized carbons (Fsp3) is 0.929. The first-order valence-electron chi connectivity index (χ1n) is 7.13. The molecule has 0 bridgehead atoms. The van der Waals surface area contributed by atoms with Crippen molar-refractivity contribution < 1.29 is 4.79 Å². The molecule has 1 aliphatic rings. The SMILES string of the molecule is CN(C)CCN(C)C(=O)CCC1CCCC(N)C1. The number of carbonyl (C=O) groups excluding carboxylic acids is 1. The van der Waals surface area contributed by atoms with E-state index in [9.17, 15) is 4.79 Å². The van der Waals surface area contributed by atoms with E-state index in [-0.39, 0.29) is 5.91 Å². The molecule has 4 nitrogen and oxygen atoms in total. The quantitative estimate of drug-likeness (QED) is 0.778. The highest BCUT2D eigenvalue weighted by atomic mass is 16.2. The molecule has 18 heavy (non-hydrogen) atoms. The summed E-state index contributed by atoms with van der Waals surface area (Å²) in [7, 11) is 5.96. The second kappa shape index (κ2) is 7.74. The van der Waals surface area contributed by atoms with Crippen LogP contribution in [0.4, 0.5) is 0 Å². The van der Waals surface area contributed by atoms with Crippen molar-refractivity contribution in [1.82, 2.24) is 9.80 Å². The van der Waals surface area contributed by atoms with Crippen LogP contribution in [0.15, 0.2) is 0 Å². The van der Waals surface area contributed by atoms with E-state index in [0.29, 0.717) is 18.4 Å². The largest absolute Gasteiger partial charge is 0.344 e. The zero-order valence-electron chi connectivity index (χ0n) is 12.2. The molecule has 4 heteroatoms. The van der Waals surface area contributed by atoms with Gasteiger partial charge in [0, 0.05) is 32.6 Å². The number of nitrogens with zero attached hydrogens (tertiary/aromatic N) is 2. The van der Waals surface area contributed by atoms with Crippen LogP contribution in [0.25, 0.3) is 0 Å². The van der Waals surface area contributed by atoms with E-state index in [4.69, 9.17) is 5.73 Å². The highest BCUT2D eigenvalue weighted by molar-refractivity contribution is 5.75. The van der Waals surface area contributed by atoms with Gasteiger partial charge in [-0.25, -0.2) is 0 Å². The molecule has 1 fully saturated rings. The third kappa shape index (κ3) is 5.83. The fourth-order valence-electron chi connectivity index (χ4n) is 2.59. The molecule has 0 spiro atoms. The summed E-state index contributed by atoms with van der Waals surface area (Å²) in [6, 6.07) is 0.366. The van der Waals surface area contributed by atoms with Crippen molar-refractivity contribution in [2.24, 2.45) is 11.7 Å². The summed E-state index contributed by atoms with van der Waals surface area (Å²) in [5, 5.41) is 0. The van der Waals surface area contributed by atoms with Gasteiger partial charge in [-0.1, -0.05) is 12.8 Å². The number of hydrogen-bond donors (Lipinski definition) is 1. The molecule has 2 atom stereocenters. The Morgan fingerprint density at radius 2 is 1.94 bits per heavy atom. The first kappa shape index (κ1) is 15.4. The van der Waals surface area contributed by atoms with Gasteiger partial charge in [-0.3, -0.25) is 4.79 Å². The topological polar surface area (TPSA) is 49.6 Å². The van der Waals surface area contributed by atoms with Crippen LogP contribution in [-0.2, 0) is 4.79 Å². The van der Waals surface area contributed by atoms with E-state index in [1.807, 2.05) is 26.0 Å². The lowest BCUT2D eigenvalue weighted by atomic mass is 9.83. The number of carbonyl (C=O) groups is 1. The Morgan fingerprint density at radius 3 is 2.56 bits per heavy atom. The van der Waals surface area contributed by atoms with Gasteiger partial charge in [-0.2, -0.15) is 0 Å². The highest BCUT2D eigenvalue weighted by Crippen LogP contribution is 2.26. The Balaban J connectivity index is 2.19. The van der Waals surface area contributed by atoms with Crippen molar-refractivity contribution in [2.45, 2.75) is 44.6 Å². The van der Waals surface area contributed by atoms with Gasteiger partial charge >= 0.3 is 0 Å². The van der Waals surface area contributed by atoms with Crippen molar-refractivity contribution >= 4 is 5.91 Å². The molecule has 0 aliphatic heterocycles. The van der Waals surface area contributed by atoms with Crippen LogP contribution in [0.5, 0.6) is 0 Å². The van der Waals surface area contributed by atoms with Gasteiger partial charge in [0.15, 0.2) is 0 Å². The van der Waals surface area contributed by atoms with Crippen LogP contribution in [0, 0.1) is 5.92 Å². The lowest BCUT2D eigenvalue weighted by Crippen LogP contribution is -2.34. The number of rotatable bonds is 6. The summed E-state index contributed by atoms with van der Waals surface area (Å²) >= 11 is 0. The molecule has 0 aromatic heterocycles. The third-order valence-electron chi connectivity index (χ3n) is 3.90.